The van der Waals surface area contributed by atoms with Crippen LogP contribution in [0.2, 0.25) is 0 Å². The molecule has 3 aromatic rings. The summed E-state index contributed by atoms with van der Waals surface area (Å²) in [4.78, 5) is 39.4. The summed E-state index contributed by atoms with van der Waals surface area (Å²) in [6, 6.07) is 7.90. The van der Waals surface area contributed by atoms with Gasteiger partial charge < -0.3 is 25.7 Å². The number of allylic oxidation sites excluding steroid dienone is 3. The molecule has 4 rings (SSSR count). The summed E-state index contributed by atoms with van der Waals surface area (Å²) in [7, 11) is 0. The summed E-state index contributed by atoms with van der Waals surface area (Å²) in [5.74, 6) is -1.78. The molecule has 0 aliphatic carbocycles. The third-order valence-electron chi connectivity index (χ3n) is 6.14. The molecule has 1 aromatic heterocycles. The summed E-state index contributed by atoms with van der Waals surface area (Å²) >= 11 is 0. The molecule has 1 aliphatic rings. The highest BCUT2D eigenvalue weighted by Crippen LogP contribution is 2.29. The van der Waals surface area contributed by atoms with E-state index in [0.717, 1.165) is 39.8 Å². The lowest BCUT2D eigenvalue weighted by atomic mass is 10.1. The van der Waals surface area contributed by atoms with Crippen molar-refractivity contribution in [2.75, 3.05) is 16.8 Å². The minimum atomic E-state index is -0.764. The number of amides is 4. The predicted molar refractivity (Wildman–Crippen MR) is 157 cm³/mol. The number of H-pyrrole nitrogens is 1. The van der Waals surface area contributed by atoms with Gasteiger partial charge in [0, 0.05) is 59.8 Å². The molecule has 0 saturated heterocycles. The van der Waals surface area contributed by atoms with Crippen molar-refractivity contribution in [3.8, 4) is 5.75 Å². The van der Waals surface area contributed by atoms with Crippen LogP contribution < -0.4 is 20.3 Å². The highest BCUT2D eigenvalue weighted by Gasteiger charge is 2.22. The van der Waals surface area contributed by atoms with Crippen LogP contribution in [0.4, 0.5) is 25.0 Å². The van der Waals surface area contributed by atoms with Gasteiger partial charge in [0.05, 0.1) is 17.6 Å². The van der Waals surface area contributed by atoms with Crippen molar-refractivity contribution < 1.29 is 27.9 Å². The largest absolute Gasteiger partial charge is 0.452 e. The van der Waals surface area contributed by atoms with Crippen LogP contribution in [0.25, 0.3) is 5.57 Å². The number of rotatable bonds is 10. The second-order valence-electron chi connectivity index (χ2n) is 9.02. The summed E-state index contributed by atoms with van der Waals surface area (Å²) < 4.78 is 34.2. The number of hydrogen-bond acceptors (Lipinski definition) is 7. The Morgan fingerprint density at radius 3 is 2.56 bits per heavy atom. The van der Waals surface area contributed by atoms with E-state index in [9.17, 15) is 18.8 Å². The van der Waals surface area contributed by atoms with E-state index in [2.05, 4.69) is 20.8 Å². The standard InChI is InChI=1S/C30H27F2N7O4/c1-3-38(30(42)39(18-40)24-7-4-22(31)5-8-24)17-19(2)29(41)37-23-6-9-27(25(32)13-23)43-28-12-20(21-15-35-36-16-21)14-34-26(28)10-11-33/h4-18,33-34H,3H2,1-2H3,(H,35,36)(H,37,41)/b19-17+,26-10-,33-11?. The number of urea groups is 1. The molecule has 4 N–H and O–H groups in total. The zero-order valence-electron chi connectivity index (χ0n) is 23.1. The molecule has 0 radical (unpaired) electrons. The minimum absolute atomic E-state index is 0.0966. The number of aromatic nitrogens is 2. The van der Waals surface area contributed by atoms with Crippen molar-refractivity contribution in [1.82, 2.24) is 20.4 Å². The molecule has 0 saturated carbocycles. The van der Waals surface area contributed by atoms with Gasteiger partial charge in [-0.25, -0.2) is 18.5 Å². The average Bonchev–Trinajstić information content (AvgIpc) is 3.54. The van der Waals surface area contributed by atoms with Gasteiger partial charge in [-0.3, -0.25) is 14.7 Å². The zero-order chi connectivity index (χ0) is 30.9. The second kappa shape index (κ2) is 13.7. The number of anilines is 2. The van der Waals surface area contributed by atoms with Crippen LogP contribution in [0.3, 0.4) is 0 Å². The number of imide groups is 1. The number of nitrogens with one attached hydrogen (secondary N) is 4. The lowest BCUT2D eigenvalue weighted by Gasteiger charge is -2.24. The zero-order valence-corrected chi connectivity index (χ0v) is 23.1. The van der Waals surface area contributed by atoms with Gasteiger partial charge in [0.1, 0.15) is 5.82 Å². The van der Waals surface area contributed by atoms with Gasteiger partial charge >= 0.3 is 6.03 Å². The molecule has 1 aliphatic heterocycles. The number of carbonyl (C=O) groups is 3. The molecule has 13 heteroatoms. The fourth-order valence-electron chi connectivity index (χ4n) is 3.90. The number of benzene rings is 2. The van der Waals surface area contributed by atoms with Crippen LogP contribution in [0.1, 0.15) is 19.4 Å². The lowest BCUT2D eigenvalue weighted by molar-refractivity contribution is -0.112. The molecular weight excluding hydrogens is 560 g/mol. The van der Waals surface area contributed by atoms with Gasteiger partial charge in [0.15, 0.2) is 17.3 Å². The number of hydrogen-bond donors (Lipinski definition) is 4. The van der Waals surface area contributed by atoms with Gasteiger partial charge in [-0.1, -0.05) is 0 Å². The Kier molecular flexibility index (Phi) is 9.58. The van der Waals surface area contributed by atoms with Crippen molar-refractivity contribution in [3.63, 3.8) is 0 Å². The molecule has 0 fully saturated rings. The van der Waals surface area contributed by atoms with Gasteiger partial charge in [-0.2, -0.15) is 5.10 Å². The Balaban J connectivity index is 1.47. The Morgan fingerprint density at radius 2 is 1.93 bits per heavy atom. The molecule has 0 atom stereocenters. The number of halogens is 2. The summed E-state index contributed by atoms with van der Waals surface area (Å²) in [6.07, 6.45) is 10.7. The minimum Gasteiger partial charge on any atom is -0.452 e. The van der Waals surface area contributed by atoms with Crippen LogP contribution in [0.5, 0.6) is 5.75 Å². The van der Waals surface area contributed by atoms with E-state index >= 15 is 4.39 Å². The maximum Gasteiger partial charge on any atom is 0.335 e. The van der Waals surface area contributed by atoms with Crippen LogP contribution in [-0.4, -0.2) is 46.2 Å². The first-order valence-electron chi connectivity index (χ1n) is 12.9. The molecular formula is C30H27F2N7O4. The normalized spacial score (nSPS) is 13.8. The molecule has 0 unspecified atom stereocenters. The van der Waals surface area contributed by atoms with E-state index in [1.165, 1.54) is 43.5 Å². The SMILES string of the molecule is CCN(/C=C(\C)C(=O)Nc1ccc(OC2=CC(c3cn[nH]c3)=CN/C2=C\C=N)c(F)c1)C(=O)N(C=O)c1ccc(F)cc1. The first-order chi connectivity index (χ1) is 20.7. The number of carbonyl (C=O) groups excluding carboxylic acids is 3. The summed E-state index contributed by atoms with van der Waals surface area (Å²) in [5.41, 5.74) is 2.29. The van der Waals surface area contributed by atoms with E-state index in [1.54, 1.807) is 31.6 Å². The summed E-state index contributed by atoms with van der Waals surface area (Å²) in [5, 5.41) is 19.6. The van der Waals surface area contributed by atoms with Gasteiger partial charge in [-0.05, 0) is 62.4 Å². The smallest absolute Gasteiger partial charge is 0.335 e. The first kappa shape index (κ1) is 30.1. The Labute approximate surface area is 245 Å². The van der Waals surface area contributed by atoms with E-state index in [1.807, 2.05) is 0 Å². The maximum absolute atomic E-state index is 15.1. The van der Waals surface area contributed by atoms with E-state index in [4.69, 9.17) is 10.1 Å². The van der Waals surface area contributed by atoms with E-state index < -0.39 is 23.6 Å². The fourth-order valence-corrected chi connectivity index (χ4v) is 3.90. The second-order valence-corrected chi connectivity index (χ2v) is 9.02. The molecule has 2 heterocycles. The van der Waals surface area contributed by atoms with Gasteiger partial charge in [-0.15, -0.1) is 0 Å². The molecule has 220 valence electrons. The molecule has 43 heavy (non-hydrogen) atoms. The molecule has 0 spiro atoms. The monoisotopic (exact) mass is 587 g/mol. The quantitative estimate of drug-likeness (QED) is 0.148. The topological polar surface area (TPSA) is 144 Å². The Morgan fingerprint density at radius 1 is 1.16 bits per heavy atom. The van der Waals surface area contributed by atoms with Crippen LogP contribution in [0, 0.1) is 17.0 Å². The lowest BCUT2D eigenvalue weighted by Crippen LogP contribution is -2.40. The summed E-state index contributed by atoms with van der Waals surface area (Å²) in [6.45, 7) is 3.22. The average molecular weight is 588 g/mol. The Bertz CT molecular complexity index is 1650. The van der Waals surface area contributed by atoms with Crippen LogP contribution in [0.15, 0.2) is 96.4 Å². The van der Waals surface area contributed by atoms with Crippen molar-refractivity contribution in [2.45, 2.75) is 13.8 Å². The highest BCUT2D eigenvalue weighted by molar-refractivity contribution is 6.07. The van der Waals surface area contributed by atoms with Crippen molar-refractivity contribution in [3.05, 3.63) is 114 Å². The Hall–Kier alpha value is -5.85. The molecule has 11 nitrogen and oxygen atoms in total. The van der Waals surface area contributed by atoms with Crippen molar-refractivity contribution >= 4 is 41.5 Å². The van der Waals surface area contributed by atoms with Crippen molar-refractivity contribution in [2.24, 2.45) is 0 Å². The van der Waals surface area contributed by atoms with E-state index in [0.29, 0.717) is 17.7 Å². The highest BCUT2D eigenvalue weighted by atomic mass is 19.1. The predicted octanol–water partition coefficient (Wildman–Crippen LogP) is 5.08. The first-order valence-corrected chi connectivity index (χ1v) is 12.9. The van der Waals surface area contributed by atoms with Crippen molar-refractivity contribution in [1.29, 1.82) is 5.41 Å². The number of ether oxygens (including phenoxy) is 1. The number of nitrogens with zero attached hydrogens (tertiary/aromatic N) is 3. The van der Waals surface area contributed by atoms with Crippen LogP contribution >= 0.6 is 0 Å². The third-order valence-corrected chi connectivity index (χ3v) is 6.14. The maximum atomic E-state index is 15.1. The number of aromatic amines is 1. The van der Waals surface area contributed by atoms with E-state index in [-0.39, 0.29) is 35.0 Å². The fraction of sp³-hybridized carbons (Fsp3) is 0.100. The molecule has 2 aromatic carbocycles. The third kappa shape index (κ3) is 7.27. The number of dihydropyridines is 1. The van der Waals surface area contributed by atoms with Crippen LogP contribution in [-0.2, 0) is 9.59 Å². The molecule has 0 bridgehead atoms. The van der Waals surface area contributed by atoms with Gasteiger partial charge in [0.25, 0.3) is 5.91 Å². The molecule has 4 amide bonds. The van der Waals surface area contributed by atoms with Gasteiger partial charge in [0.2, 0.25) is 6.41 Å².